The van der Waals surface area contributed by atoms with Crippen molar-refractivity contribution < 1.29 is 0 Å². The molecule has 4 nitrogen and oxygen atoms in total. The average molecular weight is 284 g/mol. The van der Waals surface area contributed by atoms with Crippen LogP contribution in [0.15, 0.2) is 35.3 Å². The van der Waals surface area contributed by atoms with Gasteiger partial charge < -0.3 is 15.6 Å². The number of aromatic nitrogens is 1. The van der Waals surface area contributed by atoms with Gasteiger partial charge in [-0.2, -0.15) is 0 Å². The maximum atomic E-state index is 6.12. The Morgan fingerprint density at radius 3 is 3.10 bits per heavy atom. The lowest BCUT2D eigenvalue weighted by Crippen LogP contribution is -2.43. The Balaban J connectivity index is 1.58. The molecule has 1 fully saturated rings. The van der Waals surface area contributed by atoms with Gasteiger partial charge in [0.25, 0.3) is 0 Å². The number of para-hydroxylation sites is 1. The molecule has 1 aromatic carbocycles. The number of benzene rings is 1. The van der Waals surface area contributed by atoms with E-state index >= 15 is 0 Å². The molecular formula is C17H24N4. The van der Waals surface area contributed by atoms with Gasteiger partial charge in [0.1, 0.15) is 0 Å². The van der Waals surface area contributed by atoms with Crippen molar-refractivity contribution >= 4 is 16.9 Å². The Kier molecular flexibility index (Phi) is 4.13. The number of nitrogens with zero attached hydrogens (tertiary/aromatic N) is 2. The van der Waals surface area contributed by atoms with Crippen LogP contribution < -0.4 is 5.73 Å². The van der Waals surface area contributed by atoms with Crippen LogP contribution in [0.1, 0.15) is 25.5 Å². The predicted octanol–water partition coefficient (Wildman–Crippen LogP) is 2.76. The molecule has 1 unspecified atom stereocenters. The van der Waals surface area contributed by atoms with Crippen LogP contribution in [0.3, 0.4) is 0 Å². The van der Waals surface area contributed by atoms with E-state index in [4.69, 9.17) is 5.73 Å². The number of hydrogen-bond donors (Lipinski definition) is 2. The van der Waals surface area contributed by atoms with Crippen LogP contribution in [0.4, 0.5) is 0 Å². The number of likely N-dealkylation sites (tertiary alicyclic amines) is 1. The van der Waals surface area contributed by atoms with Gasteiger partial charge in [-0.3, -0.25) is 4.99 Å². The molecule has 0 saturated carbocycles. The summed E-state index contributed by atoms with van der Waals surface area (Å²) >= 11 is 0. The first kappa shape index (κ1) is 14.0. The van der Waals surface area contributed by atoms with Crippen molar-refractivity contribution in [3.05, 3.63) is 36.0 Å². The van der Waals surface area contributed by atoms with Crippen molar-refractivity contribution in [2.24, 2.45) is 16.6 Å². The highest BCUT2D eigenvalue weighted by atomic mass is 15.3. The smallest absolute Gasteiger partial charge is 0.191 e. The average Bonchev–Trinajstić information content (AvgIpc) is 2.89. The molecular weight excluding hydrogens is 260 g/mol. The summed E-state index contributed by atoms with van der Waals surface area (Å²) in [7, 11) is 0. The van der Waals surface area contributed by atoms with E-state index in [9.17, 15) is 0 Å². The van der Waals surface area contributed by atoms with E-state index < -0.39 is 0 Å². The number of nitrogens with two attached hydrogens (primary N) is 1. The minimum Gasteiger partial charge on any atom is -0.370 e. The fraction of sp³-hybridized carbons (Fsp3) is 0.471. The number of rotatable bonds is 3. The Morgan fingerprint density at radius 2 is 2.29 bits per heavy atom. The second-order valence-corrected chi connectivity index (χ2v) is 6.07. The molecule has 0 bridgehead atoms. The summed E-state index contributed by atoms with van der Waals surface area (Å²) in [5.74, 6) is 1.43. The second-order valence-electron chi connectivity index (χ2n) is 6.07. The number of aromatic amines is 1. The summed E-state index contributed by atoms with van der Waals surface area (Å²) < 4.78 is 0. The van der Waals surface area contributed by atoms with E-state index in [1.807, 2.05) is 0 Å². The first-order valence-electron chi connectivity index (χ1n) is 7.84. The normalized spacial score (nSPS) is 20.1. The van der Waals surface area contributed by atoms with Crippen LogP contribution >= 0.6 is 0 Å². The SMILES string of the molecule is CC1CCCN(C(N)=NCCc2cc3ccccc3[nH]2)C1. The van der Waals surface area contributed by atoms with Gasteiger partial charge in [-0.05, 0) is 36.3 Å². The van der Waals surface area contributed by atoms with Crippen LogP contribution in [0.25, 0.3) is 10.9 Å². The maximum Gasteiger partial charge on any atom is 0.191 e. The van der Waals surface area contributed by atoms with E-state index in [0.717, 1.165) is 32.0 Å². The van der Waals surface area contributed by atoms with Gasteiger partial charge in [0.2, 0.25) is 0 Å². The standard InChI is InChI=1S/C17H24N4/c1-13-5-4-10-21(12-13)17(18)19-9-8-15-11-14-6-2-3-7-16(14)20-15/h2-3,6-7,11,13,20H,4-5,8-10,12H2,1H3,(H2,18,19). The molecule has 112 valence electrons. The van der Waals surface area contributed by atoms with Crippen molar-refractivity contribution in [1.82, 2.24) is 9.88 Å². The van der Waals surface area contributed by atoms with Crippen molar-refractivity contribution in [2.75, 3.05) is 19.6 Å². The Bertz CT molecular complexity index is 596. The van der Waals surface area contributed by atoms with Gasteiger partial charge in [0.05, 0.1) is 0 Å². The van der Waals surface area contributed by atoms with Crippen molar-refractivity contribution in [3.63, 3.8) is 0 Å². The third-order valence-electron chi connectivity index (χ3n) is 4.22. The Morgan fingerprint density at radius 1 is 1.43 bits per heavy atom. The monoisotopic (exact) mass is 284 g/mol. The van der Waals surface area contributed by atoms with E-state index in [0.29, 0.717) is 5.96 Å². The van der Waals surface area contributed by atoms with E-state index in [2.05, 4.69) is 52.1 Å². The number of guanidine groups is 1. The second kappa shape index (κ2) is 6.20. The number of hydrogen-bond acceptors (Lipinski definition) is 1. The largest absolute Gasteiger partial charge is 0.370 e. The molecule has 0 aliphatic carbocycles. The molecule has 3 rings (SSSR count). The van der Waals surface area contributed by atoms with Crippen LogP contribution in [0.2, 0.25) is 0 Å². The molecule has 4 heteroatoms. The summed E-state index contributed by atoms with van der Waals surface area (Å²) in [6.45, 7) is 5.11. The van der Waals surface area contributed by atoms with E-state index in [1.165, 1.54) is 29.4 Å². The number of nitrogens with one attached hydrogen (secondary N) is 1. The molecule has 1 aliphatic heterocycles. The number of fused-ring (bicyclic) bond motifs is 1. The van der Waals surface area contributed by atoms with Gasteiger partial charge in [-0.15, -0.1) is 0 Å². The zero-order valence-corrected chi connectivity index (χ0v) is 12.7. The predicted molar refractivity (Wildman–Crippen MR) is 88.5 cm³/mol. The highest BCUT2D eigenvalue weighted by molar-refractivity contribution is 5.80. The molecule has 3 N–H and O–H groups in total. The minimum absolute atomic E-state index is 0.706. The van der Waals surface area contributed by atoms with Crippen molar-refractivity contribution in [3.8, 4) is 0 Å². The molecule has 2 aromatic rings. The van der Waals surface area contributed by atoms with Gasteiger partial charge in [-0.25, -0.2) is 0 Å². The summed E-state index contributed by atoms with van der Waals surface area (Å²) in [6, 6.07) is 10.5. The highest BCUT2D eigenvalue weighted by Gasteiger charge is 2.17. The quantitative estimate of drug-likeness (QED) is 0.672. The topological polar surface area (TPSA) is 57.4 Å². The molecule has 0 radical (unpaired) electrons. The third-order valence-corrected chi connectivity index (χ3v) is 4.22. The van der Waals surface area contributed by atoms with Gasteiger partial charge >= 0.3 is 0 Å². The van der Waals surface area contributed by atoms with E-state index in [-0.39, 0.29) is 0 Å². The fourth-order valence-corrected chi connectivity index (χ4v) is 3.06. The molecule has 1 saturated heterocycles. The molecule has 0 amide bonds. The molecule has 0 spiro atoms. The summed E-state index contributed by atoms with van der Waals surface area (Å²) in [5, 5.41) is 1.26. The Hall–Kier alpha value is -1.97. The number of aliphatic imine (C=N–C) groups is 1. The van der Waals surface area contributed by atoms with Gasteiger partial charge in [0, 0.05) is 37.3 Å². The molecule has 1 aliphatic rings. The molecule has 1 aromatic heterocycles. The molecule has 1 atom stereocenters. The zero-order chi connectivity index (χ0) is 14.7. The summed E-state index contributed by atoms with van der Waals surface area (Å²) in [5.41, 5.74) is 8.53. The Labute approximate surface area is 126 Å². The van der Waals surface area contributed by atoms with Gasteiger partial charge in [0.15, 0.2) is 5.96 Å². The lowest BCUT2D eigenvalue weighted by molar-refractivity contribution is 0.270. The lowest BCUT2D eigenvalue weighted by Gasteiger charge is -2.31. The van der Waals surface area contributed by atoms with Crippen LogP contribution in [-0.4, -0.2) is 35.5 Å². The fourth-order valence-electron chi connectivity index (χ4n) is 3.06. The number of H-pyrrole nitrogens is 1. The maximum absolute atomic E-state index is 6.12. The summed E-state index contributed by atoms with van der Waals surface area (Å²) in [4.78, 5) is 10.2. The zero-order valence-electron chi connectivity index (χ0n) is 12.7. The van der Waals surface area contributed by atoms with Crippen LogP contribution in [-0.2, 0) is 6.42 Å². The first-order chi connectivity index (χ1) is 10.2. The van der Waals surface area contributed by atoms with Crippen molar-refractivity contribution in [1.29, 1.82) is 0 Å². The first-order valence-corrected chi connectivity index (χ1v) is 7.84. The molecule has 2 heterocycles. The summed E-state index contributed by atoms with van der Waals surface area (Å²) in [6.07, 6.45) is 3.43. The van der Waals surface area contributed by atoms with Crippen molar-refractivity contribution in [2.45, 2.75) is 26.2 Å². The molecule has 21 heavy (non-hydrogen) atoms. The third kappa shape index (κ3) is 3.38. The highest BCUT2D eigenvalue weighted by Crippen LogP contribution is 2.16. The van der Waals surface area contributed by atoms with E-state index in [1.54, 1.807) is 0 Å². The lowest BCUT2D eigenvalue weighted by atomic mass is 10.0. The van der Waals surface area contributed by atoms with Crippen LogP contribution in [0.5, 0.6) is 0 Å². The minimum atomic E-state index is 0.706. The number of piperidine rings is 1. The van der Waals surface area contributed by atoms with Gasteiger partial charge in [-0.1, -0.05) is 25.1 Å². The van der Waals surface area contributed by atoms with Crippen LogP contribution in [0, 0.1) is 5.92 Å².